The molecule has 1 saturated heterocycles. The van der Waals surface area contributed by atoms with Gasteiger partial charge in [0.05, 0.1) is 7.11 Å². The standard InChI is InChI=1S/C22H24N2O4/c1-27-20-10-8-19(9-11-20)23-13-15-24(16-14-23)21(25)17-28-22(26)12-7-18-5-3-2-4-6-18/h2-12H,13-17H2,1H3. The predicted molar refractivity (Wildman–Crippen MR) is 108 cm³/mol. The molecular formula is C22H24N2O4. The van der Waals surface area contributed by atoms with Crippen molar-refractivity contribution in [3.8, 4) is 5.75 Å². The molecule has 2 aromatic rings. The number of benzene rings is 2. The molecule has 0 aromatic heterocycles. The highest BCUT2D eigenvalue weighted by molar-refractivity contribution is 5.89. The average Bonchev–Trinajstić information content (AvgIpc) is 2.77. The Balaban J connectivity index is 1.42. The van der Waals surface area contributed by atoms with Gasteiger partial charge in [-0.15, -0.1) is 0 Å². The molecule has 1 amide bonds. The van der Waals surface area contributed by atoms with E-state index < -0.39 is 5.97 Å². The summed E-state index contributed by atoms with van der Waals surface area (Å²) in [5, 5.41) is 0. The van der Waals surface area contributed by atoms with Crippen molar-refractivity contribution in [1.82, 2.24) is 4.90 Å². The van der Waals surface area contributed by atoms with Crippen molar-refractivity contribution in [2.45, 2.75) is 0 Å². The summed E-state index contributed by atoms with van der Waals surface area (Å²) in [6.45, 7) is 2.44. The number of carbonyl (C=O) groups is 2. The number of piperazine rings is 1. The van der Waals surface area contributed by atoms with Crippen LogP contribution in [0.1, 0.15) is 5.56 Å². The number of methoxy groups -OCH3 is 1. The first kappa shape index (κ1) is 19.5. The van der Waals surface area contributed by atoms with Crippen LogP contribution in [0.3, 0.4) is 0 Å². The van der Waals surface area contributed by atoms with Crippen LogP contribution in [0.25, 0.3) is 6.08 Å². The van der Waals surface area contributed by atoms with Crippen LogP contribution < -0.4 is 9.64 Å². The number of carbonyl (C=O) groups excluding carboxylic acids is 2. The number of hydrogen-bond acceptors (Lipinski definition) is 5. The number of rotatable bonds is 6. The number of amides is 1. The maximum atomic E-state index is 12.3. The largest absolute Gasteiger partial charge is 0.497 e. The zero-order valence-corrected chi connectivity index (χ0v) is 15.9. The van der Waals surface area contributed by atoms with Gasteiger partial charge >= 0.3 is 5.97 Å². The molecule has 28 heavy (non-hydrogen) atoms. The quantitative estimate of drug-likeness (QED) is 0.570. The molecule has 0 atom stereocenters. The van der Waals surface area contributed by atoms with Gasteiger partial charge in [0.1, 0.15) is 5.75 Å². The molecule has 6 heteroatoms. The van der Waals surface area contributed by atoms with Crippen LogP contribution in [0.4, 0.5) is 5.69 Å². The minimum Gasteiger partial charge on any atom is -0.497 e. The van der Waals surface area contributed by atoms with Crippen molar-refractivity contribution in [3.63, 3.8) is 0 Å². The Labute approximate surface area is 165 Å². The smallest absolute Gasteiger partial charge is 0.331 e. The van der Waals surface area contributed by atoms with Gasteiger partial charge in [-0.05, 0) is 35.9 Å². The summed E-state index contributed by atoms with van der Waals surface area (Å²) in [7, 11) is 1.64. The van der Waals surface area contributed by atoms with Gasteiger partial charge in [0.15, 0.2) is 6.61 Å². The van der Waals surface area contributed by atoms with Crippen molar-refractivity contribution < 1.29 is 19.1 Å². The first-order valence-corrected chi connectivity index (χ1v) is 9.22. The van der Waals surface area contributed by atoms with Crippen LogP contribution in [-0.4, -0.2) is 56.7 Å². The summed E-state index contributed by atoms with van der Waals surface area (Å²) in [5.74, 6) is 0.130. The second-order valence-electron chi connectivity index (χ2n) is 6.42. The fourth-order valence-electron chi connectivity index (χ4n) is 3.01. The Hall–Kier alpha value is -3.28. The summed E-state index contributed by atoms with van der Waals surface area (Å²) < 4.78 is 10.2. The maximum Gasteiger partial charge on any atom is 0.331 e. The lowest BCUT2D eigenvalue weighted by atomic mass is 10.2. The van der Waals surface area contributed by atoms with E-state index in [9.17, 15) is 9.59 Å². The van der Waals surface area contributed by atoms with Crippen molar-refractivity contribution in [2.24, 2.45) is 0 Å². The first-order chi connectivity index (χ1) is 13.7. The van der Waals surface area contributed by atoms with E-state index in [1.165, 1.54) is 6.08 Å². The van der Waals surface area contributed by atoms with Gasteiger partial charge in [-0.2, -0.15) is 0 Å². The van der Waals surface area contributed by atoms with Crippen LogP contribution >= 0.6 is 0 Å². The number of esters is 1. The zero-order valence-electron chi connectivity index (χ0n) is 15.9. The fraction of sp³-hybridized carbons (Fsp3) is 0.273. The second kappa shape index (κ2) is 9.60. The lowest BCUT2D eigenvalue weighted by Crippen LogP contribution is -2.49. The summed E-state index contributed by atoms with van der Waals surface area (Å²) in [5.41, 5.74) is 2.01. The van der Waals surface area contributed by atoms with E-state index in [2.05, 4.69) is 4.90 Å². The summed E-state index contributed by atoms with van der Waals surface area (Å²) in [6.07, 6.45) is 3.00. The first-order valence-electron chi connectivity index (χ1n) is 9.22. The molecule has 146 valence electrons. The highest BCUT2D eigenvalue weighted by atomic mass is 16.5. The Morgan fingerprint density at radius 2 is 1.64 bits per heavy atom. The van der Waals surface area contributed by atoms with E-state index in [1.54, 1.807) is 18.1 Å². The topological polar surface area (TPSA) is 59.1 Å². The van der Waals surface area contributed by atoms with Gasteiger partial charge in [0.2, 0.25) is 0 Å². The highest BCUT2D eigenvalue weighted by Gasteiger charge is 2.22. The Morgan fingerprint density at radius 1 is 0.964 bits per heavy atom. The van der Waals surface area contributed by atoms with Crippen molar-refractivity contribution in [2.75, 3.05) is 44.8 Å². The molecule has 2 aromatic carbocycles. The normalized spacial score (nSPS) is 14.2. The Bertz CT molecular complexity index is 810. The molecule has 1 fully saturated rings. The van der Waals surface area contributed by atoms with Gasteiger partial charge < -0.3 is 19.3 Å². The van der Waals surface area contributed by atoms with Crippen LogP contribution in [0.15, 0.2) is 60.7 Å². The third kappa shape index (κ3) is 5.36. The SMILES string of the molecule is COc1ccc(N2CCN(C(=O)COC(=O)C=Cc3ccccc3)CC2)cc1. The lowest BCUT2D eigenvalue weighted by Gasteiger charge is -2.36. The third-order valence-electron chi connectivity index (χ3n) is 4.62. The second-order valence-corrected chi connectivity index (χ2v) is 6.42. The van der Waals surface area contributed by atoms with Crippen molar-refractivity contribution >= 4 is 23.6 Å². The minimum absolute atomic E-state index is 0.171. The maximum absolute atomic E-state index is 12.3. The fourth-order valence-corrected chi connectivity index (χ4v) is 3.01. The Kier molecular flexibility index (Phi) is 6.68. The van der Waals surface area contributed by atoms with Gasteiger partial charge in [-0.25, -0.2) is 4.79 Å². The molecule has 0 unspecified atom stereocenters. The predicted octanol–water partition coefficient (Wildman–Crippen LogP) is 2.60. The van der Waals surface area contributed by atoms with E-state index in [1.807, 2.05) is 54.6 Å². The molecule has 1 aliphatic rings. The molecule has 0 bridgehead atoms. The average molecular weight is 380 g/mol. The summed E-state index contributed by atoms with van der Waals surface area (Å²) >= 11 is 0. The van der Waals surface area contributed by atoms with Crippen LogP contribution in [0.5, 0.6) is 5.75 Å². The number of ether oxygens (including phenoxy) is 2. The van der Waals surface area contributed by atoms with Gasteiger partial charge in [0.25, 0.3) is 5.91 Å². The van der Waals surface area contributed by atoms with E-state index >= 15 is 0 Å². The molecule has 0 spiro atoms. The van der Waals surface area contributed by atoms with Crippen molar-refractivity contribution in [1.29, 1.82) is 0 Å². The van der Waals surface area contributed by atoms with E-state index in [0.717, 1.165) is 30.1 Å². The van der Waals surface area contributed by atoms with Gasteiger partial charge in [0, 0.05) is 37.9 Å². The number of nitrogens with zero attached hydrogens (tertiary/aromatic N) is 2. The number of anilines is 1. The minimum atomic E-state index is -0.519. The highest BCUT2D eigenvalue weighted by Crippen LogP contribution is 2.20. The molecule has 0 aliphatic carbocycles. The van der Waals surface area contributed by atoms with Crippen LogP contribution in [-0.2, 0) is 14.3 Å². The third-order valence-corrected chi connectivity index (χ3v) is 4.62. The summed E-state index contributed by atoms with van der Waals surface area (Å²) in [4.78, 5) is 28.0. The van der Waals surface area contributed by atoms with Crippen LogP contribution in [0, 0.1) is 0 Å². The van der Waals surface area contributed by atoms with Gasteiger partial charge in [-0.3, -0.25) is 4.79 Å². The molecular weight excluding hydrogens is 356 g/mol. The number of hydrogen-bond donors (Lipinski definition) is 0. The monoisotopic (exact) mass is 380 g/mol. The molecule has 6 nitrogen and oxygen atoms in total. The summed E-state index contributed by atoms with van der Waals surface area (Å²) in [6, 6.07) is 17.3. The Morgan fingerprint density at radius 3 is 2.29 bits per heavy atom. The molecule has 0 radical (unpaired) electrons. The van der Waals surface area contributed by atoms with Crippen LogP contribution in [0.2, 0.25) is 0 Å². The van der Waals surface area contributed by atoms with E-state index in [0.29, 0.717) is 13.1 Å². The van der Waals surface area contributed by atoms with E-state index in [4.69, 9.17) is 9.47 Å². The molecule has 1 aliphatic heterocycles. The molecule has 0 saturated carbocycles. The molecule has 3 rings (SSSR count). The van der Waals surface area contributed by atoms with Crippen molar-refractivity contribution in [3.05, 3.63) is 66.2 Å². The molecule has 1 heterocycles. The van der Waals surface area contributed by atoms with E-state index in [-0.39, 0.29) is 12.5 Å². The lowest BCUT2D eigenvalue weighted by molar-refractivity contribution is -0.148. The zero-order chi connectivity index (χ0) is 19.8. The molecule has 0 N–H and O–H groups in total. The van der Waals surface area contributed by atoms with Gasteiger partial charge in [-0.1, -0.05) is 30.3 Å².